The van der Waals surface area contributed by atoms with Gasteiger partial charge in [-0.15, -0.1) is 5.10 Å². The molecule has 0 saturated heterocycles. The van der Waals surface area contributed by atoms with Crippen molar-refractivity contribution < 1.29 is 13.6 Å². The molecule has 1 aliphatic carbocycles. The first-order valence-corrected chi connectivity index (χ1v) is 8.49. The monoisotopic (exact) mass is 357 g/mol. The van der Waals surface area contributed by atoms with Gasteiger partial charge in [0.1, 0.15) is 0 Å². The molecular formula is C18H17F2N5O. The molecule has 8 heteroatoms. The lowest BCUT2D eigenvalue weighted by Crippen LogP contribution is -2.45. The van der Waals surface area contributed by atoms with Gasteiger partial charge < -0.3 is 5.32 Å². The predicted octanol–water partition coefficient (Wildman–Crippen LogP) is 2.53. The third kappa shape index (κ3) is 2.91. The van der Waals surface area contributed by atoms with E-state index in [1.807, 2.05) is 0 Å². The summed E-state index contributed by atoms with van der Waals surface area (Å²) in [5, 5.41) is 7.12. The zero-order valence-corrected chi connectivity index (χ0v) is 14.0. The molecule has 0 radical (unpaired) electrons. The standard InChI is InChI=1S/C18H17F2N5O/c19-13-6-3-5-12(16(13)20)18(7-1-2-8-18)23-15(26)11-14-22-17-21-9-4-10-25(17)24-14/h3-6,9-10H,1-2,7-8,11H2,(H,23,26). The largest absolute Gasteiger partial charge is 0.346 e. The molecule has 1 saturated carbocycles. The number of fused-ring (bicyclic) bond motifs is 1. The van der Waals surface area contributed by atoms with E-state index in [4.69, 9.17) is 0 Å². The Balaban J connectivity index is 1.58. The number of benzene rings is 1. The van der Waals surface area contributed by atoms with Gasteiger partial charge in [0.05, 0.1) is 12.0 Å². The Labute approximate surface area is 148 Å². The second-order valence-electron chi connectivity index (χ2n) is 6.51. The highest BCUT2D eigenvalue weighted by atomic mass is 19.2. The maximum atomic E-state index is 14.4. The highest BCUT2D eigenvalue weighted by Gasteiger charge is 2.39. The van der Waals surface area contributed by atoms with E-state index in [1.165, 1.54) is 16.6 Å². The fourth-order valence-electron chi connectivity index (χ4n) is 3.62. The summed E-state index contributed by atoms with van der Waals surface area (Å²) in [4.78, 5) is 20.8. The van der Waals surface area contributed by atoms with Crippen molar-refractivity contribution in [3.63, 3.8) is 0 Å². The number of halogens is 2. The number of hydrogen-bond acceptors (Lipinski definition) is 4. The normalized spacial score (nSPS) is 16.1. The number of nitrogens with zero attached hydrogens (tertiary/aromatic N) is 4. The van der Waals surface area contributed by atoms with Gasteiger partial charge in [-0.3, -0.25) is 4.79 Å². The molecule has 1 fully saturated rings. The first-order chi connectivity index (χ1) is 12.6. The van der Waals surface area contributed by atoms with Crippen LogP contribution >= 0.6 is 0 Å². The van der Waals surface area contributed by atoms with Crippen molar-refractivity contribution in [1.82, 2.24) is 24.9 Å². The molecule has 1 aliphatic rings. The summed E-state index contributed by atoms with van der Waals surface area (Å²) in [6.45, 7) is 0. The number of carbonyl (C=O) groups excluding carboxylic acids is 1. The Bertz CT molecular complexity index is 932. The van der Waals surface area contributed by atoms with E-state index >= 15 is 0 Å². The van der Waals surface area contributed by atoms with E-state index in [0.29, 0.717) is 24.4 Å². The van der Waals surface area contributed by atoms with Gasteiger partial charge in [-0.25, -0.2) is 18.3 Å². The van der Waals surface area contributed by atoms with Crippen LogP contribution in [-0.4, -0.2) is 25.5 Å². The van der Waals surface area contributed by atoms with Crippen molar-refractivity contribution in [1.29, 1.82) is 0 Å². The second-order valence-corrected chi connectivity index (χ2v) is 6.51. The van der Waals surface area contributed by atoms with Gasteiger partial charge in [-0.05, 0) is 25.0 Å². The van der Waals surface area contributed by atoms with Gasteiger partial charge in [0.2, 0.25) is 5.91 Å². The summed E-state index contributed by atoms with van der Waals surface area (Å²) >= 11 is 0. The average Bonchev–Trinajstić information content (AvgIpc) is 3.24. The minimum absolute atomic E-state index is 0.0535. The summed E-state index contributed by atoms with van der Waals surface area (Å²) in [5.41, 5.74) is -0.686. The summed E-state index contributed by atoms with van der Waals surface area (Å²) in [6, 6.07) is 5.80. The summed E-state index contributed by atoms with van der Waals surface area (Å²) in [7, 11) is 0. The minimum atomic E-state index is -0.906. The van der Waals surface area contributed by atoms with E-state index in [9.17, 15) is 13.6 Å². The Morgan fingerprint density at radius 2 is 2.04 bits per heavy atom. The molecule has 134 valence electrons. The molecule has 1 amide bonds. The predicted molar refractivity (Wildman–Crippen MR) is 89.1 cm³/mol. The highest BCUT2D eigenvalue weighted by molar-refractivity contribution is 5.79. The lowest BCUT2D eigenvalue weighted by molar-refractivity contribution is -0.122. The highest BCUT2D eigenvalue weighted by Crippen LogP contribution is 2.40. The molecule has 1 N–H and O–H groups in total. The van der Waals surface area contributed by atoms with E-state index in [-0.39, 0.29) is 17.9 Å². The van der Waals surface area contributed by atoms with Crippen molar-refractivity contribution in [2.75, 3.05) is 0 Å². The van der Waals surface area contributed by atoms with Crippen LogP contribution < -0.4 is 5.32 Å². The Morgan fingerprint density at radius 1 is 1.23 bits per heavy atom. The van der Waals surface area contributed by atoms with Crippen molar-refractivity contribution in [2.24, 2.45) is 0 Å². The molecule has 0 aliphatic heterocycles. The molecule has 0 atom stereocenters. The van der Waals surface area contributed by atoms with E-state index in [2.05, 4.69) is 20.4 Å². The first kappa shape index (κ1) is 16.6. The van der Waals surface area contributed by atoms with Crippen LogP contribution in [0.15, 0.2) is 36.7 Å². The van der Waals surface area contributed by atoms with Crippen LogP contribution in [0.5, 0.6) is 0 Å². The Kier molecular flexibility index (Phi) is 4.10. The van der Waals surface area contributed by atoms with Crippen molar-refractivity contribution in [3.05, 3.63) is 59.7 Å². The maximum absolute atomic E-state index is 14.4. The topological polar surface area (TPSA) is 72.2 Å². The molecule has 0 bridgehead atoms. The number of rotatable bonds is 4. The molecule has 1 aromatic carbocycles. The van der Waals surface area contributed by atoms with Crippen molar-refractivity contribution in [3.8, 4) is 0 Å². The van der Waals surface area contributed by atoms with Crippen LogP contribution in [-0.2, 0) is 16.8 Å². The quantitative estimate of drug-likeness (QED) is 0.779. The van der Waals surface area contributed by atoms with E-state index in [1.54, 1.807) is 18.5 Å². The summed E-state index contributed by atoms with van der Waals surface area (Å²) in [6.07, 6.45) is 6.05. The fraction of sp³-hybridized carbons (Fsp3) is 0.333. The molecule has 0 spiro atoms. The number of nitrogens with one attached hydrogen (secondary N) is 1. The zero-order valence-electron chi connectivity index (χ0n) is 14.0. The number of hydrogen-bond donors (Lipinski definition) is 1. The third-order valence-electron chi connectivity index (χ3n) is 4.78. The van der Waals surface area contributed by atoms with Gasteiger partial charge in [0, 0.05) is 18.0 Å². The van der Waals surface area contributed by atoms with Gasteiger partial charge >= 0.3 is 0 Å². The maximum Gasteiger partial charge on any atom is 0.252 e. The Hall–Kier alpha value is -2.90. The van der Waals surface area contributed by atoms with Gasteiger partial charge in [0.15, 0.2) is 17.5 Å². The lowest BCUT2D eigenvalue weighted by atomic mass is 9.87. The molecule has 0 unspecified atom stereocenters. The zero-order chi connectivity index (χ0) is 18.1. The van der Waals surface area contributed by atoms with Crippen LogP contribution in [0, 0.1) is 11.6 Å². The average molecular weight is 357 g/mol. The third-order valence-corrected chi connectivity index (χ3v) is 4.78. The smallest absolute Gasteiger partial charge is 0.252 e. The molecule has 2 heterocycles. The van der Waals surface area contributed by atoms with Crippen LogP contribution in [0.3, 0.4) is 0 Å². The van der Waals surface area contributed by atoms with Gasteiger partial charge in [-0.2, -0.15) is 4.98 Å². The number of aromatic nitrogens is 4. The molecule has 26 heavy (non-hydrogen) atoms. The molecular weight excluding hydrogens is 340 g/mol. The molecule has 4 rings (SSSR count). The van der Waals surface area contributed by atoms with E-state index < -0.39 is 17.2 Å². The lowest BCUT2D eigenvalue weighted by Gasteiger charge is -2.31. The Morgan fingerprint density at radius 3 is 2.81 bits per heavy atom. The van der Waals surface area contributed by atoms with Crippen molar-refractivity contribution in [2.45, 2.75) is 37.6 Å². The van der Waals surface area contributed by atoms with Crippen LogP contribution in [0.4, 0.5) is 8.78 Å². The van der Waals surface area contributed by atoms with Gasteiger partial charge in [0.25, 0.3) is 5.78 Å². The van der Waals surface area contributed by atoms with Crippen molar-refractivity contribution >= 4 is 11.7 Å². The number of carbonyl (C=O) groups is 1. The van der Waals surface area contributed by atoms with Gasteiger partial charge in [-0.1, -0.05) is 25.0 Å². The van der Waals surface area contributed by atoms with Crippen LogP contribution in [0.2, 0.25) is 0 Å². The molecule has 3 aromatic rings. The number of amides is 1. The summed E-state index contributed by atoms with van der Waals surface area (Å²) < 4.78 is 29.5. The fourth-order valence-corrected chi connectivity index (χ4v) is 3.62. The van der Waals surface area contributed by atoms with E-state index in [0.717, 1.165) is 18.9 Å². The molecule has 2 aromatic heterocycles. The van der Waals surface area contributed by atoms with Crippen LogP contribution in [0.1, 0.15) is 37.1 Å². The summed E-state index contributed by atoms with van der Waals surface area (Å²) in [5.74, 6) is -1.40. The van der Waals surface area contributed by atoms with Crippen LogP contribution in [0.25, 0.3) is 5.78 Å². The first-order valence-electron chi connectivity index (χ1n) is 8.49. The minimum Gasteiger partial charge on any atom is -0.346 e. The molecule has 6 nitrogen and oxygen atoms in total. The SMILES string of the molecule is O=C(Cc1nc2ncccn2n1)NC1(c2cccc(F)c2F)CCCC1. The second kappa shape index (κ2) is 6.44.